The summed E-state index contributed by atoms with van der Waals surface area (Å²) < 4.78 is 31.0. The van der Waals surface area contributed by atoms with Gasteiger partial charge in [0.25, 0.3) is 0 Å². The Morgan fingerprint density at radius 2 is 1.69 bits per heavy atom. The van der Waals surface area contributed by atoms with Crippen LogP contribution in [0.3, 0.4) is 0 Å². The van der Waals surface area contributed by atoms with E-state index in [0.717, 1.165) is 26.9 Å². The predicted octanol–water partition coefficient (Wildman–Crippen LogP) is 3.32. The van der Waals surface area contributed by atoms with E-state index in [2.05, 4.69) is 5.32 Å². The van der Waals surface area contributed by atoms with Crippen LogP contribution in [0.15, 0.2) is 66.7 Å². The van der Waals surface area contributed by atoms with Gasteiger partial charge in [-0.1, -0.05) is 36.4 Å². The molecule has 3 rings (SSSR count). The molecule has 0 spiro atoms. The maximum absolute atomic E-state index is 12.7. The van der Waals surface area contributed by atoms with Gasteiger partial charge in [-0.25, -0.2) is 8.42 Å². The zero-order chi connectivity index (χ0) is 21.0. The van der Waals surface area contributed by atoms with Crippen LogP contribution in [0.2, 0.25) is 0 Å². The molecule has 0 radical (unpaired) electrons. The first kappa shape index (κ1) is 20.7. The molecule has 0 aliphatic carbocycles. The number of hydrogen-bond acceptors (Lipinski definition) is 4. The second-order valence-electron chi connectivity index (χ2n) is 6.83. The first-order valence-electron chi connectivity index (χ1n) is 9.18. The van der Waals surface area contributed by atoms with Crippen molar-refractivity contribution in [3.63, 3.8) is 0 Å². The number of methoxy groups -OCH3 is 1. The molecular formula is C22H24N2O4S. The molecular weight excluding hydrogens is 388 g/mol. The van der Waals surface area contributed by atoms with Crippen LogP contribution >= 0.6 is 0 Å². The van der Waals surface area contributed by atoms with Crippen LogP contribution in [0, 0.1) is 0 Å². The lowest BCUT2D eigenvalue weighted by atomic mass is 10.1. The second kappa shape index (κ2) is 8.53. The molecule has 0 saturated heterocycles. The standard InChI is InChI=1S/C22H24N2O4S/c1-16(24(29(3,26)27)20-10-12-21(28-2)13-11-20)22(25)23-15-17-8-9-18-6-4-5-7-19(18)14-17/h4-14,16H,15H2,1-3H3,(H,23,25)/t16-/m1/s1. The molecule has 1 atom stereocenters. The molecule has 3 aromatic carbocycles. The van der Waals surface area contributed by atoms with Gasteiger partial charge in [-0.3, -0.25) is 9.10 Å². The summed E-state index contributed by atoms with van der Waals surface area (Å²) in [5.41, 5.74) is 1.35. The Kier molecular flexibility index (Phi) is 6.08. The van der Waals surface area contributed by atoms with Crippen LogP contribution in [0.25, 0.3) is 10.8 Å². The maximum atomic E-state index is 12.7. The fourth-order valence-electron chi connectivity index (χ4n) is 3.22. The molecule has 7 heteroatoms. The van der Waals surface area contributed by atoms with E-state index < -0.39 is 16.1 Å². The molecule has 0 bridgehead atoms. The number of hydrogen-bond donors (Lipinski definition) is 1. The van der Waals surface area contributed by atoms with E-state index in [1.165, 1.54) is 7.11 Å². The summed E-state index contributed by atoms with van der Waals surface area (Å²) in [5.74, 6) is 0.231. The number of rotatable bonds is 7. The number of fused-ring (bicyclic) bond motifs is 1. The zero-order valence-corrected chi connectivity index (χ0v) is 17.4. The monoisotopic (exact) mass is 412 g/mol. The highest BCUT2D eigenvalue weighted by molar-refractivity contribution is 7.92. The van der Waals surface area contributed by atoms with Crippen molar-refractivity contribution in [1.29, 1.82) is 0 Å². The highest BCUT2D eigenvalue weighted by Crippen LogP contribution is 2.24. The molecule has 0 aliphatic heterocycles. The molecule has 0 unspecified atom stereocenters. The van der Waals surface area contributed by atoms with Gasteiger partial charge in [-0.2, -0.15) is 0 Å². The summed E-state index contributed by atoms with van der Waals surface area (Å²) in [4.78, 5) is 12.7. The Morgan fingerprint density at radius 1 is 1.03 bits per heavy atom. The van der Waals surface area contributed by atoms with E-state index in [0.29, 0.717) is 18.0 Å². The van der Waals surface area contributed by atoms with Crippen molar-refractivity contribution in [2.24, 2.45) is 0 Å². The van der Waals surface area contributed by atoms with Gasteiger partial charge in [0.1, 0.15) is 11.8 Å². The number of nitrogens with zero attached hydrogens (tertiary/aromatic N) is 1. The number of carbonyl (C=O) groups excluding carboxylic acids is 1. The molecule has 152 valence electrons. The zero-order valence-electron chi connectivity index (χ0n) is 16.6. The molecule has 1 amide bonds. The van der Waals surface area contributed by atoms with Crippen molar-refractivity contribution >= 4 is 32.4 Å². The summed E-state index contributed by atoms with van der Waals surface area (Å²) in [6, 6.07) is 19.6. The van der Waals surface area contributed by atoms with Crippen molar-refractivity contribution in [2.75, 3.05) is 17.7 Å². The van der Waals surface area contributed by atoms with Crippen LogP contribution in [-0.2, 0) is 21.4 Å². The van der Waals surface area contributed by atoms with Gasteiger partial charge in [0.2, 0.25) is 15.9 Å². The topological polar surface area (TPSA) is 75.7 Å². The van der Waals surface area contributed by atoms with Crippen LogP contribution in [0.5, 0.6) is 5.75 Å². The van der Waals surface area contributed by atoms with Crippen LogP contribution in [-0.4, -0.2) is 33.7 Å². The smallest absolute Gasteiger partial charge is 0.243 e. The number of amides is 1. The molecule has 3 aromatic rings. The SMILES string of the molecule is COc1ccc(N([C@H](C)C(=O)NCc2ccc3ccccc3c2)S(C)(=O)=O)cc1. The second-order valence-corrected chi connectivity index (χ2v) is 8.69. The first-order chi connectivity index (χ1) is 13.8. The van der Waals surface area contributed by atoms with Gasteiger partial charge < -0.3 is 10.1 Å². The van der Waals surface area contributed by atoms with Gasteiger partial charge >= 0.3 is 0 Å². The first-order valence-corrected chi connectivity index (χ1v) is 11.0. The predicted molar refractivity (Wildman–Crippen MR) is 116 cm³/mol. The van der Waals surface area contributed by atoms with E-state index in [1.54, 1.807) is 31.2 Å². The van der Waals surface area contributed by atoms with Gasteiger partial charge in [-0.05, 0) is 53.6 Å². The Bertz CT molecular complexity index is 1110. The van der Waals surface area contributed by atoms with Crippen LogP contribution in [0.4, 0.5) is 5.69 Å². The minimum atomic E-state index is -3.66. The van der Waals surface area contributed by atoms with Gasteiger partial charge in [-0.15, -0.1) is 0 Å². The molecule has 0 aromatic heterocycles. The average Bonchev–Trinajstić information content (AvgIpc) is 2.71. The van der Waals surface area contributed by atoms with Crippen molar-refractivity contribution in [3.05, 3.63) is 72.3 Å². The quantitative estimate of drug-likeness (QED) is 0.646. The normalized spacial score (nSPS) is 12.4. The van der Waals surface area contributed by atoms with Crippen molar-refractivity contribution in [1.82, 2.24) is 5.32 Å². The molecule has 1 N–H and O–H groups in total. The fourth-order valence-corrected chi connectivity index (χ4v) is 4.40. The number of sulfonamides is 1. The lowest BCUT2D eigenvalue weighted by Gasteiger charge is -2.28. The van der Waals surface area contributed by atoms with Gasteiger partial charge in [0.05, 0.1) is 19.1 Å². The van der Waals surface area contributed by atoms with Gasteiger partial charge in [0, 0.05) is 6.54 Å². The highest BCUT2D eigenvalue weighted by Gasteiger charge is 2.29. The van der Waals surface area contributed by atoms with E-state index in [9.17, 15) is 13.2 Å². The largest absolute Gasteiger partial charge is 0.497 e. The third-order valence-electron chi connectivity index (χ3n) is 4.70. The fraction of sp³-hybridized carbons (Fsp3) is 0.227. The number of ether oxygens (including phenoxy) is 1. The average molecular weight is 413 g/mol. The molecule has 0 saturated carbocycles. The minimum Gasteiger partial charge on any atom is -0.497 e. The Balaban J connectivity index is 1.76. The van der Waals surface area contributed by atoms with E-state index >= 15 is 0 Å². The van der Waals surface area contributed by atoms with Crippen LogP contribution in [0.1, 0.15) is 12.5 Å². The molecule has 6 nitrogen and oxygen atoms in total. The summed E-state index contributed by atoms with van der Waals surface area (Å²) in [7, 11) is -2.13. The van der Waals surface area contributed by atoms with E-state index in [1.807, 2.05) is 42.5 Å². The Morgan fingerprint density at radius 3 is 2.31 bits per heavy atom. The molecule has 0 aliphatic rings. The summed E-state index contributed by atoms with van der Waals surface area (Å²) in [5, 5.41) is 5.05. The van der Waals surface area contributed by atoms with Crippen molar-refractivity contribution in [3.8, 4) is 5.75 Å². The Hall–Kier alpha value is -3.06. The number of nitrogens with one attached hydrogen (secondary N) is 1. The van der Waals surface area contributed by atoms with Gasteiger partial charge in [0.15, 0.2) is 0 Å². The number of carbonyl (C=O) groups is 1. The van der Waals surface area contributed by atoms with Crippen molar-refractivity contribution < 1.29 is 17.9 Å². The summed E-state index contributed by atoms with van der Waals surface area (Å²) in [6.45, 7) is 1.88. The maximum Gasteiger partial charge on any atom is 0.243 e. The lowest BCUT2D eigenvalue weighted by molar-refractivity contribution is -0.122. The summed E-state index contributed by atoms with van der Waals surface area (Å²) in [6.07, 6.45) is 1.09. The molecule has 0 fully saturated rings. The van der Waals surface area contributed by atoms with Crippen LogP contribution < -0.4 is 14.4 Å². The lowest BCUT2D eigenvalue weighted by Crippen LogP contribution is -2.47. The third kappa shape index (κ3) is 4.86. The summed E-state index contributed by atoms with van der Waals surface area (Å²) >= 11 is 0. The van der Waals surface area contributed by atoms with E-state index in [-0.39, 0.29) is 5.91 Å². The molecule has 29 heavy (non-hydrogen) atoms. The Labute approximate surface area is 171 Å². The minimum absolute atomic E-state index is 0.314. The molecule has 0 heterocycles. The highest BCUT2D eigenvalue weighted by atomic mass is 32.2. The number of anilines is 1. The number of benzene rings is 3. The van der Waals surface area contributed by atoms with E-state index in [4.69, 9.17) is 4.74 Å². The van der Waals surface area contributed by atoms with Crippen molar-refractivity contribution in [2.45, 2.75) is 19.5 Å². The third-order valence-corrected chi connectivity index (χ3v) is 5.94.